The molecule has 1 atom stereocenters. The maximum absolute atomic E-state index is 13.2. The number of nitriles is 1. The summed E-state index contributed by atoms with van der Waals surface area (Å²) in [6, 6.07) is 2.11. The minimum atomic E-state index is -0.464. The van der Waals surface area contributed by atoms with Gasteiger partial charge >= 0.3 is 0 Å². The number of carbonyl (C=O) groups is 1. The monoisotopic (exact) mass is 489 g/mol. The van der Waals surface area contributed by atoms with Gasteiger partial charge in [0.05, 0.1) is 16.8 Å². The minimum absolute atomic E-state index is 0.187. The Morgan fingerprint density at radius 3 is 2.84 bits per heavy atom. The molecule has 0 saturated carbocycles. The molecule has 0 saturated heterocycles. The second kappa shape index (κ2) is 12.8. The number of ether oxygens (including phenoxy) is 2. The van der Waals surface area contributed by atoms with Crippen LogP contribution >= 0.6 is 15.9 Å². The number of dihydropyridines is 2. The molecule has 0 fully saturated rings. The molecular formula is C22H28BrN5O3. The number of nitrogens with one attached hydrogen (secondary N) is 3. The Labute approximate surface area is 191 Å². The molecule has 8 nitrogen and oxygen atoms in total. The van der Waals surface area contributed by atoms with E-state index in [0.29, 0.717) is 53.6 Å². The molecule has 0 aromatic rings. The van der Waals surface area contributed by atoms with E-state index in [0.717, 1.165) is 19.1 Å². The summed E-state index contributed by atoms with van der Waals surface area (Å²) >= 11 is 3.30. The molecule has 0 bridgehead atoms. The van der Waals surface area contributed by atoms with Gasteiger partial charge in [0.25, 0.3) is 5.91 Å². The minimum Gasteiger partial charge on any atom is -0.476 e. The van der Waals surface area contributed by atoms with Gasteiger partial charge in [0.15, 0.2) is 0 Å². The molecule has 2 heterocycles. The van der Waals surface area contributed by atoms with Gasteiger partial charge in [-0.25, -0.2) is 0 Å². The first-order valence-electron chi connectivity index (χ1n) is 10.2. The van der Waals surface area contributed by atoms with Gasteiger partial charge < -0.3 is 30.4 Å². The highest BCUT2D eigenvalue weighted by molar-refractivity contribution is 9.12. The summed E-state index contributed by atoms with van der Waals surface area (Å²) in [4.78, 5) is 14.8. The zero-order valence-electron chi connectivity index (χ0n) is 17.8. The number of amides is 1. The maximum Gasteiger partial charge on any atom is 0.255 e. The lowest BCUT2D eigenvalue weighted by Crippen LogP contribution is -2.49. The van der Waals surface area contributed by atoms with Gasteiger partial charge in [-0.2, -0.15) is 5.26 Å². The molecule has 31 heavy (non-hydrogen) atoms. The standard InChI is InChI=1S/C22H28BrN5O3/c1-3-5-10-30-11-12-31-21-17(14-24)6-7-20(27-21)28(4-2)22(29)16-8-9-26-19(13-16)18(23)15-25/h6-9,13,15,20,25-27H,3-5,10-12H2,1-2H3/b19-18+,25-15?. The van der Waals surface area contributed by atoms with E-state index >= 15 is 0 Å². The van der Waals surface area contributed by atoms with Crippen molar-refractivity contribution in [3.63, 3.8) is 0 Å². The third-order valence-electron chi connectivity index (χ3n) is 4.58. The zero-order valence-corrected chi connectivity index (χ0v) is 19.4. The van der Waals surface area contributed by atoms with E-state index in [1.807, 2.05) is 6.92 Å². The summed E-state index contributed by atoms with van der Waals surface area (Å²) in [5.74, 6) is 0.148. The van der Waals surface area contributed by atoms with Crippen LogP contribution in [-0.2, 0) is 14.3 Å². The van der Waals surface area contributed by atoms with Crippen LogP contribution in [0.25, 0.3) is 0 Å². The van der Waals surface area contributed by atoms with Gasteiger partial charge in [-0.3, -0.25) is 4.79 Å². The first-order valence-corrected chi connectivity index (χ1v) is 11.0. The highest BCUT2D eigenvalue weighted by Gasteiger charge is 2.27. The first kappa shape index (κ1) is 24.4. The molecule has 0 aromatic heterocycles. The molecule has 0 spiro atoms. The van der Waals surface area contributed by atoms with E-state index in [1.54, 1.807) is 35.4 Å². The molecule has 0 aliphatic carbocycles. The molecule has 0 aromatic carbocycles. The van der Waals surface area contributed by atoms with Gasteiger partial charge in [-0.15, -0.1) is 0 Å². The lowest BCUT2D eigenvalue weighted by atomic mass is 10.1. The van der Waals surface area contributed by atoms with Crippen LogP contribution in [-0.4, -0.2) is 49.6 Å². The van der Waals surface area contributed by atoms with Gasteiger partial charge in [0, 0.05) is 31.1 Å². The fourth-order valence-electron chi connectivity index (χ4n) is 2.91. The summed E-state index contributed by atoms with van der Waals surface area (Å²) in [5.41, 5.74) is 1.48. The Balaban J connectivity index is 2.08. The SMILES string of the molecule is CCCCOCCOC1=C(C#N)C=CC(N(CC)C(=O)C2=C/C(=C(\Br)C=N)NC=C2)N1. The zero-order chi connectivity index (χ0) is 22.6. The van der Waals surface area contributed by atoms with Crippen molar-refractivity contribution in [3.05, 3.63) is 57.7 Å². The van der Waals surface area contributed by atoms with Crippen LogP contribution in [0.5, 0.6) is 0 Å². The molecule has 2 rings (SSSR count). The summed E-state index contributed by atoms with van der Waals surface area (Å²) in [6.45, 7) is 5.84. The first-order chi connectivity index (χ1) is 15.0. The van der Waals surface area contributed by atoms with Crippen molar-refractivity contribution in [2.75, 3.05) is 26.4 Å². The van der Waals surface area contributed by atoms with Crippen LogP contribution in [0.3, 0.4) is 0 Å². The number of nitrogens with zero attached hydrogens (tertiary/aromatic N) is 2. The second-order valence-electron chi connectivity index (χ2n) is 6.69. The fourth-order valence-corrected chi connectivity index (χ4v) is 3.14. The van der Waals surface area contributed by atoms with Crippen molar-refractivity contribution >= 4 is 28.1 Å². The van der Waals surface area contributed by atoms with Crippen LogP contribution < -0.4 is 10.6 Å². The third kappa shape index (κ3) is 6.84. The molecule has 9 heteroatoms. The number of hydrogen-bond acceptors (Lipinski definition) is 7. The second-order valence-corrected chi connectivity index (χ2v) is 7.55. The van der Waals surface area contributed by atoms with Crippen LogP contribution in [0.1, 0.15) is 26.7 Å². The normalized spacial score (nSPS) is 19.0. The molecule has 1 unspecified atom stereocenters. The van der Waals surface area contributed by atoms with Crippen molar-refractivity contribution in [1.82, 2.24) is 15.5 Å². The third-order valence-corrected chi connectivity index (χ3v) is 5.23. The molecular weight excluding hydrogens is 462 g/mol. The fraction of sp³-hybridized carbons (Fsp3) is 0.409. The molecule has 3 N–H and O–H groups in total. The lowest BCUT2D eigenvalue weighted by molar-refractivity contribution is -0.128. The van der Waals surface area contributed by atoms with Crippen LogP contribution in [0.15, 0.2) is 57.7 Å². The largest absolute Gasteiger partial charge is 0.476 e. The smallest absolute Gasteiger partial charge is 0.255 e. The predicted octanol–water partition coefficient (Wildman–Crippen LogP) is 3.19. The van der Waals surface area contributed by atoms with Crippen LogP contribution in [0.4, 0.5) is 0 Å². The number of rotatable bonds is 11. The number of likely N-dealkylation sites (N-methyl/N-ethyl adjacent to an activating group) is 1. The average molecular weight is 490 g/mol. The quantitative estimate of drug-likeness (QED) is 0.303. The van der Waals surface area contributed by atoms with Gasteiger partial charge in [-0.1, -0.05) is 13.3 Å². The molecule has 0 radical (unpaired) electrons. The Bertz CT molecular complexity index is 867. The van der Waals surface area contributed by atoms with E-state index in [-0.39, 0.29) is 5.91 Å². The molecule has 2 aliphatic heterocycles. The predicted molar refractivity (Wildman–Crippen MR) is 123 cm³/mol. The maximum atomic E-state index is 13.2. The number of halogens is 1. The van der Waals surface area contributed by atoms with Crippen LogP contribution in [0.2, 0.25) is 0 Å². The summed E-state index contributed by atoms with van der Waals surface area (Å²) in [7, 11) is 0. The number of unbranched alkanes of at least 4 members (excludes halogenated alkanes) is 1. The van der Waals surface area contributed by atoms with E-state index in [2.05, 4.69) is 39.6 Å². The van der Waals surface area contributed by atoms with Gasteiger partial charge in [0.2, 0.25) is 5.88 Å². The molecule has 166 valence electrons. The Kier molecular flexibility index (Phi) is 10.1. The number of allylic oxidation sites excluding steroid dienone is 4. The highest BCUT2D eigenvalue weighted by Crippen LogP contribution is 2.20. The Morgan fingerprint density at radius 2 is 2.16 bits per heavy atom. The average Bonchev–Trinajstić information content (AvgIpc) is 2.81. The van der Waals surface area contributed by atoms with Crippen molar-refractivity contribution < 1.29 is 14.3 Å². The van der Waals surface area contributed by atoms with Crippen molar-refractivity contribution in [1.29, 1.82) is 10.7 Å². The summed E-state index contributed by atoms with van der Waals surface area (Å²) in [5, 5.41) is 22.9. The highest BCUT2D eigenvalue weighted by atomic mass is 79.9. The van der Waals surface area contributed by atoms with E-state index < -0.39 is 6.17 Å². The molecule has 2 aliphatic rings. The van der Waals surface area contributed by atoms with Crippen molar-refractivity contribution in [2.24, 2.45) is 0 Å². The van der Waals surface area contributed by atoms with Crippen LogP contribution in [0, 0.1) is 16.7 Å². The number of hydrogen-bond donors (Lipinski definition) is 3. The van der Waals surface area contributed by atoms with Crippen molar-refractivity contribution in [2.45, 2.75) is 32.9 Å². The lowest BCUT2D eigenvalue weighted by Gasteiger charge is -2.33. The summed E-state index contributed by atoms with van der Waals surface area (Å²) < 4.78 is 11.8. The molecule has 1 amide bonds. The Morgan fingerprint density at radius 1 is 1.35 bits per heavy atom. The number of carbonyl (C=O) groups excluding carboxylic acids is 1. The van der Waals surface area contributed by atoms with Crippen molar-refractivity contribution in [3.8, 4) is 6.07 Å². The topological polar surface area (TPSA) is 110 Å². The van der Waals surface area contributed by atoms with E-state index in [4.69, 9.17) is 14.9 Å². The van der Waals surface area contributed by atoms with E-state index in [1.165, 1.54) is 0 Å². The van der Waals surface area contributed by atoms with Gasteiger partial charge in [0.1, 0.15) is 24.4 Å². The Hall–Kier alpha value is -2.83. The van der Waals surface area contributed by atoms with E-state index in [9.17, 15) is 10.1 Å². The van der Waals surface area contributed by atoms with Gasteiger partial charge in [-0.05, 0) is 53.6 Å². The summed E-state index contributed by atoms with van der Waals surface area (Å²) in [6.07, 6.45) is 11.2.